The van der Waals surface area contributed by atoms with Gasteiger partial charge >= 0.3 is 0 Å². The molecule has 1 aliphatic rings. The van der Waals surface area contributed by atoms with Crippen LogP contribution in [-0.2, 0) is 4.74 Å². The van der Waals surface area contributed by atoms with Gasteiger partial charge in [-0.05, 0) is 44.9 Å². The molecule has 0 N–H and O–H groups in total. The van der Waals surface area contributed by atoms with Crippen LogP contribution >= 0.6 is 15.9 Å². The Kier molecular flexibility index (Phi) is 7.86. The van der Waals surface area contributed by atoms with Gasteiger partial charge in [-0.15, -0.1) is 0 Å². The Morgan fingerprint density at radius 2 is 1.89 bits per heavy atom. The summed E-state index contributed by atoms with van der Waals surface area (Å²) < 4.78 is 6.41. The first-order valence-electron chi connectivity index (χ1n) is 7.85. The summed E-state index contributed by atoms with van der Waals surface area (Å²) >= 11 is 3.68. The van der Waals surface area contributed by atoms with Gasteiger partial charge in [-0.25, -0.2) is 0 Å². The lowest BCUT2D eigenvalue weighted by atomic mass is 9.80. The van der Waals surface area contributed by atoms with Gasteiger partial charge in [0.2, 0.25) is 0 Å². The minimum atomic E-state index is 0.136. The van der Waals surface area contributed by atoms with Crippen molar-refractivity contribution in [3.8, 4) is 0 Å². The summed E-state index contributed by atoms with van der Waals surface area (Å²) in [5.74, 6) is 0.889. The molecule has 0 aliphatic heterocycles. The van der Waals surface area contributed by atoms with Gasteiger partial charge in [-0.2, -0.15) is 0 Å². The molecule has 2 heteroatoms. The lowest BCUT2D eigenvalue weighted by Gasteiger charge is -2.40. The Balaban J connectivity index is 2.28. The van der Waals surface area contributed by atoms with Crippen LogP contribution in [0.3, 0.4) is 0 Å². The molecule has 1 rings (SSSR count). The first-order chi connectivity index (χ1) is 8.62. The standard InChI is InChI=1S/C16H31BrO/c1-4-5-6-7-8-15(3)18-16(13-17)11-9-14(2)10-12-16/h14-15H,4-13H2,1-3H3. The monoisotopic (exact) mass is 318 g/mol. The highest BCUT2D eigenvalue weighted by Gasteiger charge is 2.35. The zero-order valence-corrected chi connectivity index (χ0v) is 14.1. The van der Waals surface area contributed by atoms with E-state index < -0.39 is 0 Å². The second kappa shape index (κ2) is 8.58. The first kappa shape index (κ1) is 16.5. The third-order valence-corrected chi connectivity index (χ3v) is 5.37. The van der Waals surface area contributed by atoms with E-state index in [1.165, 1.54) is 57.8 Å². The normalized spacial score (nSPS) is 30.3. The molecule has 0 amide bonds. The van der Waals surface area contributed by atoms with Crippen LogP contribution in [0.25, 0.3) is 0 Å². The summed E-state index contributed by atoms with van der Waals surface area (Å²) in [6.07, 6.45) is 12.1. The lowest BCUT2D eigenvalue weighted by molar-refractivity contribution is -0.0992. The number of ether oxygens (including phenoxy) is 1. The molecular formula is C16H31BrO. The van der Waals surface area contributed by atoms with Crippen molar-refractivity contribution in [1.29, 1.82) is 0 Å². The summed E-state index contributed by atoms with van der Waals surface area (Å²) in [4.78, 5) is 0. The van der Waals surface area contributed by atoms with Crippen LogP contribution in [0.4, 0.5) is 0 Å². The van der Waals surface area contributed by atoms with Crippen molar-refractivity contribution in [2.24, 2.45) is 5.92 Å². The smallest absolute Gasteiger partial charge is 0.0782 e. The summed E-state index contributed by atoms with van der Waals surface area (Å²) in [7, 11) is 0. The minimum absolute atomic E-state index is 0.136. The van der Waals surface area contributed by atoms with Crippen molar-refractivity contribution < 1.29 is 4.74 Å². The van der Waals surface area contributed by atoms with Crippen LogP contribution in [0, 0.1) is 5.92 Å². The lowest BCUT2D eigenvalue weighted by Crippen LogP contribution is -2.41. The fourth-order valence-electron chi connectivity index (χ4n) is 2.92. The number of alkyl halides is 1. The van der Waals surface area contributed by atoms with E-state index in [-0.39, 0.29) is 5.60 Å². The molecule has 108 valence electrons. The topological polar surface area (TPSA) is 9.23 Å². The summed E-state index contributed by atoms with van der Waals surface area (Å²) in [6.45, 7) is 6.89. The van der Waals surface area contributed by atoms with E-state index >= 15 is 0 Å². The number of unbranched alkanes of at least 4 members (excludes halogenated alkanes) is 3. The summed E-state index contributed by atoms with van der Waals surface area (Å²) in [5, 5.41) is 1.01. The van der Waals surface area contributed by atoms with Crippen molar-refractivity contribution >= 4 is 15.9 Å². The van der Waals surface area contributed by atoms with E-state index in [1.54, 1.807) is 0 Å². The Labute approximate surface area is 122 Å². The molecule has 0 spiro atoms. The number of hydrogen-bond donors (Lipinski definition) is 0. The molecule has 1 atom stereocenters. The van der Waals surface area contributed by atoms with Crippen LogP contribution in [0.15, 0.2) is 0 Å². The number of hydrogen-bond acceptors (Lipinski definition) is 1. The average molecular weight is 319 g/mol. The Morgan fingerprint density at radius 3 is 2.44 bits per heavy atom. The summed E-state index contributed by atoms with van der Waals surface area (Å²) in [6, 6.07) is 0. The molecule has 1 aliphatic carbocycles. The van der Waals surface area contributed by atoms with Crippen LogP contribution in [0.1, 0.15) is 78.6 Å². The highest BCUT2D eigenvalue weighted by Crippen LogP contribution is 2.37. The molecule has 0 aromatic carbocycles. The quantitative estimate of drug-likeness (QED) is 0.411. The molecule has 1 unspecified atom stereocenters. The zero-order valence-electron chi connectivity index (χ0n) is 12.5. The third-order valence-electron chi connectivity index (χ3n) is 4.34. The number of halogens is 1. The predicted molar refractivity (Wildman–Crippen MR) is 83.5 cm³/mol. The Morgan fingerprint density at radius 1 is 1.22 bits per heavy atom. The van der Waals surface area contributed by atoms with Gasteiger partial charge < -0.3 is 4.74 Å². The SMILES string of the molecule is CCCCCCC(C)OC1(CBr)CCC(C)CC1. The second-order valence-electron chi connectivity index (χ2n) is 6.28. The van der Waals surface area contributed by atoms with Crippen LogP contribution < -0.4 is 0 Å². The van der Waals surface area contributed by atoms with Gasteiger partial charge in [0, 0.05) is 5.33 Å². The van der Waals surface area contributed by atoms with Gasteiger partial charge in [-0.1, -0.05) is 55.5 Å². The molecule has 0 radical (unpaired) electrons. The summed E-state index contributed by atoms with van der Waals surface area (Å²) in [5.41, 5.74) is 0.136. The fraction of sp³-hybridized carbons (Fsp3) is 1.00. The van der Waals surface area contributed by atoms with Gasteiger partial charge in [0.1, 0.15) is 0 Å². The number of rotatable bonds is 8. The molecule has 0 aromatic rings. The molecule has 1 nitrogen and oxygen atoms in total. The molecule has 0 aromatic heterocycles. The van der Waals surface area contributed by atoms with E-state index in [9.17, 15) is 0 Å². The average Bonchev–Trinajstić information content (AvgIpc) is 2.38. The minimum Gasteiger partial charge on any atom is -0.371 e. The van der Waals surface area contributed by atoms with Crippen LogP contribution in [0.5, 0.6) is 0 Å². The van der Waals surface area contributed by atoms with Crippen molar-refractivity contribution in [2.75, 3.05) is 5.33 Å². The molecule has 0 saturated heterocycles. The zero-order chi connectivity index (χ0) is 13.4. The Hall–Kier alpha value is 0.440. The first-order valence-corrected chi connectivity index (χ1v) is 8.98. The van der Waals surface area contributed by atoms with Crippen molar-refractivity contribution in [2.45, 2.75) is 90.3 Å². The molecule has 0 heterocycles. The van der Waals surface area contributed by atoms with E-state index in [0.29, 0.717) is 6.10 Å². The van der Waals surface area contributed by atoms with Gasteiger partial charge in [0.15, 0.2) is 0 Å². The maximum Gasteiger partial charge on any atom is 0.0782 e. The van der Waals surface area contributed by atoms with Crippen LogP contribution in [-0.4, -0.2) is 17.0 Å². The predicted octanol–water partition coefficient (Wildman–Crippen LogP) is 5.71. The molecule has 1 fully saturated rings. The van der Waals surface area contributed by atoms with E-state index in [0.717, 1.165) is 11.2 Å². The maximum absolute atomic E-state index is 6.41. The van der Waals surface area contributed by atoms with Gasteiger partial charge in [0.25, 0.3) is 0 Å². The second-order valence-corrected chi connectivity index (χ2v) is 6.84. The van der Waals surface area contributed by atoms with Gasteiger partial charge in [-0.3, -0.25) is 0 Å². The van der Waals surface area contributed by atoms with E-state index in [2.05, 4.69) is 36.7 Å². The van der Waals surface area contributed by atoms with E-state index in [4.69, 9.17) is 4.74 Å². The Bertz CT molecular complexity index is 209. The highest BCUT2D eigenvalue weighted by molar-refractivity contribution is 9.09. The fourth-order valence-corrected chi connectivity index (χ4v) is 3.61. The van der Waals surface area contributed by atoms with Crippen molar-refractivity contribution in [3.63, 3.8) is 0 Å². The van der Waals surface area contributed by atoms with Crippen molar-refractivity contribution in [3.05, 3.63) is 0 Å². The van der Waals surface area contributed by atoms with Gasteiger partial charge in [0.05, 0.1) is 11.7 Å². The molecule has 0 bridgehead atoms. The highest BCUT2D eigenvalue weighted by atomic mass is 79.9. The molecular weight excluding hydrogens is 288 g/mol. The molecule has 1 saturated carbocycles. The third kappa shape index (κ3) is 5.61. The van der Waals surface area contributed by atoms with Crippen LogP contribution in [0.2, 0.25) is 0 Å². The molecule has 18 heavy (non-hydrogen) atoms. The maximum atomic E-state index is 6.41. The van der Waals surface area contributed by atoms with E-state index in [1.807, 2.05) is 0 Å². The largest absolute Gasteiger partial charge is 0.371 e. The van der Waals surface area contributed by atoms with Crippen molar-refractivity contribution in [1.82, 2.24) is 0 Å².